The number of nitrogens with one attached hydrogen (secondary N) is 1. The summed E-state index contributed by atoms with van der Waals surface area (Å²) < 4.78 is 54.1. The van der Waals surface area contributed by atoms with Crippen LogP contribution in [-0.2, 0) is 40.3 Å². The van der Waals surface area contributed by atoms with Crippen LogP contribution in [0.5, 0.6) is 0 Å². The second-order valence-electron chi connectivity index (χ2n) is 9.59. The first kappa shape index (κ1) is 22.4. The lowest BCUT2D eigenvalue weighted by atomic mass is 9.59. The maximum absolute atomic E-state index is 15.0. The number of amides is 1. The maximum Gasteiger partial charge on any atom is 0.287 e. The van der Waals surface area contributed by atoms with E-state index < -0.39 is 23.2 Å². The summed E-state index contributed by atoms with van der Waals surface area (Å²) in [5.41, 5.74) is 0.982. The van der Waals surface area contributed by atoms with Crippen molar-refractivity contribution in [2.24, 2.45) is 0 Å². The third-order valence-corrected chi connectivity index (χ3v) is 7.17. The molecule has 2 fully saturated rings. The summed E-state index contributed by atoms with van der Waals surface area (Å²) in [5, 5.41) is 7.30. The van der Waals surface area contributed by atoms with Gasteiger partial charge in [-0.25, -0.2) is 13.8 Å². The number of fused-ring (bicyclic) bond motifs is 4. The van der Waals surface area contributed by atoms with Crippen LogP contribution in [0, 0.1) is 0 Å². The highest BCUT2D eigenvalue weighted by atomic mass is 19.3. The average molecular weight is 488 g/mol. The summed E-state index contributed by atoms with van der Waals surface area (Å²) in [6.07, 6.45) is 7.94. The van der Waals surface area contributed by atoms with Crippen LogP contribution < -0.4 is 5.32 Å². The van der Waals surface area contributed by atoms with Crippen LogP contribution in [0.1, 0.15) is 59.5 Å². The van der Waals surface area contributed by atoms with Gasteiger partial charge in [0.25, 0.3) is 11.8 Å². The van der Waals surface area contributed by atoms with Crippen LogP contribution in [0.15, 0.2) is 27.5 Å². The predicted molar refractivity (Wildman–Crippen MR) is 117 cm³/mol. The molecule has 3 aromatic rings. The zero-order valence-electron chi connectivity index (χ0n) is 19.3. The first-order valence-corrected chi connectivity index (χ1v) is 11.8. The van der Waals surface area contributed by atoms with Gasteiger partial charge in [0.15, 0.2) is 0 Å². The van der Waals surface area contributed by atoms with Gasteiger partial charge < -0.3 is 23.6 Å². The summed E-state index contributed by atoms with van der Waals surface area (Å²) >= 11 is 0. The third-order valence-electron chi connectivity index (χ3n) is 7.17. The van der Waals surface area contributed by atoms with Crippen LogP contribution in [0.3, 0.4) is 0 Å². The molecule has 1 N–H and O–H groups in total. The molecule has 4 heterocycles. The number of alkyl halides is 2. The fraction of sp³-hybridized carbons (Fsp3) is 0.542. The number of hydrogen-bond acceptors (Lipinski definition) is 7. The van der Waals surface area contributed by atoms with E-state index in [0.29, 0.717) is 44.2 Å². The van der Waals surface area contributed by atoms with Gasteiger partial charge in [-0.2, -0.15) is 5.10 Å². The monoisotopic (exact) mass is 488 g/mol. The number of rotatable bonds is 6. The van der Waals surface area contributed by atoms with Crippen LogP contribution in [-0.4, -0.2) is 46.6 Å². The van der Waals surface area contributed by atoms with Crippen LogP contribution in [0.4, 0.5) is 8.78 Å². The molecule has 1 spiro atoms. The molecule has 2 aliphatic carbocycles. The Bertz CT molecular complexity index is 1230. The third kappa shape index (κ3) is 3.86. The molecular weight excluding hydrogens is 462 g/mol. The van der Waals surface area contributed by atoms with Crippen molar-refractivity contribution in [1.29, 1.82) is 0 Å². The standard InChI is InChI=1S/C24H26F2N4O5/c1-23(25,26)19-18-16(35-21(19)22(31)28-10-17-27-5-6-34-17)9-24(3-2-4-24)15-12-30(29-20(15)18)11-14-13-32-7-8-33-14/h5-6,12,14H,2-4,7-11,13H2,1H3,(H,28,31)/t14-/m0/s1. The second kappa shape index (κ2) is 8.27. The molecule has 1 aliphatic heterocycles. The van der Waals surface area contributed by atoms with E-state index in [2.05, 4.69) is 10.3 Å². The van der Waals surface area contributed by atoms with Gasteiger partial charge in [0.1, 0.15) is 23.8 Å². The Morgan fingerprint density at radius 3 is 2.86 bits per heavy atom. The molecule has 0 aromatic carbocycles. The number of carbonyl (C=O) groups excluding carboxylic acids is 1. The van der Waals surface area contributed by atoms with E-state index in [4.69, 9.17) is 23.4 Å². The van der Waals surface area contributed by atoms with E-state index in [1.165, 1.54) is 12.5 Å². The van der Waals surface area contributed by atoms with Crippen LogP contribution in [0.2, 0.25) is 0 Å². The van der Waals surface area contributed by atoms with Crippen molar-refractivity contribution in [1.82, 2.24) is 20.1 Å². The molecule has 3 aliphatic rings. The zero-order valence-corrected chi connectivity index (χ0v) is 19.3. The van der Waals surface area contributed by atoms with Gasteiger partial charge in [-0.1, -0.05) is 6.42 Å². The Balaban J connectivity index is 1.40. The van der Waals surface area contributed by atoms with Crippen LogP contribution in [0.25, 0.3) is 11.3 Å². The number of hydrogen-bond donors (Lipinski definition) is 1. The number of aromatic nitrogens is 3. The highest BCUT2D eigenvalue weighted by Gasteiger charge is 2.50. The molecular formula is C24H26F2N4O5. The van der Waals surface area contributed by atoms with E-state index >= 15 is 8.78 Å². The normalized spacial score (nSPS) is 20.8. The average Bonchev–Trinajstić information content (AvgIpc) is 3.53. The van der Waals surface area contributed by atoms with Gasteiger partial charge in [-0.05, 0) is 12.8 Å². The molecule has 9 nitrogen and oxygen atoms in total. The van der Waals surface area contributed by atoms with Gasteiger partial charge in [-0.15, -0.1) is 0 Å². The molecule has 6 rings (SSSR count). The van der Waals surface area contributed by atoms with Crippen molar-refractivity contribution in [2.45, 2.75) is 63.1 Å². The topological polar surface area (TPSA) is 105 Å². The number of furan rings is 1. The van der Waals surface area contributed by atoms with Gasteiger partial charge in [0.05, 0.1) is 50.2 Å². The van der Waals surface area contributed by atoms with Gasteiger partial charge in [0.2, 0.25) is 11.7 Å². The molecule has 0 bridgehead atoms. The van der Waals surface area contributed by atoms with E-state index in [9.17, 15) is 4.79 Å². The fourth-order valence-electron chi connectivity index (χ4n) is 5.40. The number of nitrogens with zero attached hydrogens (tertiary/aromatic N) is 3. The van der Waals surface area contributed by atoms with Crippen molar-refractivity contribution in [3.8, 4) is 11.3 Å². The second-order valence-corrected chi connectivity index (χ2v) is 9.59. The minimum atomic E-state index is -3.32. The molecule has 1 saturated heterocycles. The maximum atomic E-state index is 15.0. The number of carbonyl (C=O) groups is 1. The Morgan fingerprint density at radius 1 is 1.34 bits per heavy atom. The van der Waals surface area contributed by atoms with Crippen molar-refractivity contribution >= 4 is 5.91 Å². The van der Waals surface area contributed by atoms with Gasteiger partial charge in [-0.3, -0.25) is 9.48 Å². The van der Waals surface area contributed by atoms with Crippen LogP contribution >= 0.6 is 0 Å². The molecule has 0 unspecified atom stereocenters. The summed E-state index contributed by atoms with van der Waals surface area (Å²) in [6, 6.07) is 0. The minimum absolute atomic E-state index is 0.0425. The first-order chi connectivity index (χ1) is 16.8. The van der Waals surface area contributed by atoms with Crippen molar-refractivity contribution in [3.05, 3.63) is 47.2 Å². The minimum Gasteiger partial charge on any atom is -0.455 e. The van der Waals surface area contributed by atoms with E-state index in [1.807, 2.05) is 6.20 Å². The first-order valence-electron chi connectivity index (χ1n) is 11.8. The molecule has 35 heavy (non-hydrogen) atoms. The lowest BCUT2D eigenvalue weighted by Crippen LogP contribution is -2.38. The lowest BCUT2D eigenvalue weighted by molar-refractivity contribution is -0.0946. The molecule has 1 saturated carbocycles. The van der Waals surface area contributed by atoms with E-state index in [-0.39, 0.29) is 29.5 Å². The SMILES string of the molecule is CC(F)(F)c1c(C(=O)NCc2ncco2)oc2c1-c1nn(C[C@H]3COCCO3)cc1C1(CCC1)C2. The van der Waals surface area contributed by atoms with Gasteiger partial charge >= 0.3 is 0 Å². The molecule has 1 atom stereocenters. The summed E-state index contributed by atoms with van der Waals surface area (Å²) in [6.45, 7) is 2.72. The smallest absolute Gasteiger partial charge is 0.287 e. The lowest BCUT2D eigenvalue weighted by Gasteiger charge is -2.43. The van der Waals surface area contributed by atoms with E-state index in [0.717, 1.165) is 31.7 Å². The largest absolute Gasteiger partial charge is 0.455 e. The van der Waals surface area contributed by atoms with Crippen molar-refractivity contribution in [3.63, 3.8) is 0 Å². The van der Waals surface area contributed by atoms with Gasteiger partial charge in [0, 0.05) is 30.5 Å². The number of ether oxygens (including phenoxy) is 2. The molecule has 3 aromatic heterocycles. The van der Waals surface area contributed by atoms with E-state index in [1.54, 1.807) is 4.68 Å². The summed E-state index contributed by atoms with van der Waals surface area (Å²) in [5.74, 6) is -3.81. The Labute approximate surface area is 199 Å². The fourth-order valence-corrected chi connectivity index (χ4v) is 5.40. The highest BCUT2D eigenvalue weighted by Crippen LogP contribution is 2.56. The predicted octanol–water partition coefficient (Wildman–Crippen LogP) is 3.57. The number of halogens is 2. The quantitative estimate of drug-likeness (QED) is 0.566. The molecule has 1 amide bonds. The summed E-state index contributed by atoms with van der Waals surface area (Å²) in [4.78, 5) is 16.9. The Morgan fingerprint density at radius 2 is 2.20 bits per heavy atom. The summed E-state index contributed by atoms with van der Waals surface area (Å²) in [7, 11) is 0. The Hall–Kier alpha value is -3.05. The van der Waals surface area contributed by atoms with Crippen molar-refractivity contribution < 1.29 is 31.9 Å². The number of oxazole rings is 1. The molecule has 186 valence electrons. The highest BCUT2D eigenvalue weighted by molar-refractivity contribution is 5.96. The molecule has 11 heteroatoms. The Kier molecular flexibility index (Phi) is 5.29. The zero-order chi connectivity index (χ0) is 24.2. The molecule has 0 radical (unpaired) electrons. The van der Waals surface area contributed by atoms with Crippen molar-refractivity contribution in [2.75, 3.05) is 19.8 Å².